The normalized spacial score (nSPS) is 12.4. The number of nitrogens with zero attached hydrogens (tertiary/aromatic N) is 1. The van der Waals surface area contributed by atoms with E-state index in [9.17, 15) is 21.6 Å². The third kappa shape index (κ3) is 2.87. The van der Waals surface area contributed by atoms with Crippen LogP contribution in [-0.2, 0) is 10.1 Å². The van der Waals surface area contributed by atoms with Gasteiger partial charge in [-0.25, -0.2) is 0 Å². The molecular weight excluding hydrogens is 287 g/mol. The Labute approximate surface area is 105 Å². The Kier molecular flexibility index (Phi) is 3.23. The fourth-order valence-corrected chi connectivity index (χ4v) is 1.59. The van der Waals surface area contributed by atoms with Gasteiger partial charge in [0.25, 0.3) is 0 Å². The second-order valence-corrected chi connectivity index (χ2v) is 4.92. The predicted molar refractivity (Wildman–Crippen MR) is 57.5 cm³/mol. The molecule has 102 valence electrons. The highest BCUT2D eigenvalue weighted by molar-refractivity contribution is 7.87. The zero-order chi connectivity index (χ0) is 14.1. The van der Waals surface area contributed by atoms with E-state index in [2.05, 4.69) is 13.9 Å². The highest BCUT2D eigenvalue weighted by Crippen LogP contribution is 2.29. The molecule has 0 unspecified atom stereocenters. The molecule has 5 nitrogen and oxygen atoms in total. The SMILES string of the molecule is O=S(=O)(Oc1cc(-c2ccccc2)no1)C(F)(F)F. The molecule has 19 heavy (non-hydrogen) atoms. The van der Waals surface area contributed by atoms with Crippen molar-refractivity contribution in [3.63, 3.8) is 0 Å². The van der Waals surface area contributed by atoms with Crippen molar-refractivity contribution in [3.05, 3.63) is 36.4 Å². The lowest BCUT2D eigenvalue weighted by Gasteiger charge is -2.05. The minimum absolute atomic E-state index is 0.160. The van der Waals surface area contributed by atoms with Gasteiger partial charge in [-0.1, -0.05) is 35.5 Å². The van der Waals surface area contributed by atoms with Gasteiger partial charge in [0.05, 0.1) is 6.07 Å². The summed E-state index contributed by atoms with van der Waals surface area (Å²) in [6, 6.07) is 9.29. The first kappa shape index (κ1) is 13.4. The van der Waals surface area contributed by atoms with Crippen LogP contribution in [0.3, 0.4) is 0 Å². The Balaban J connectivity index is 2.24. The molecule has 0 saturated carbocycles. The topological polar surface area (TPSA) is 69.4 Å². The molecule has 0 aliphatic heterocycles. The van der Waals surface area contributed by atoms with Crippen LogP contribution < -0.4 is 4.18 Å². The highest BCUT2D eigenvalue weighted by atomic mass is 32.2. The van der Waals surface area contributed by atoms with Crippen molar-refractivity contribution in [2.75, 3.05) is 0 Å². The summed E-state index contributed by atoms with van der Waals surface area (Å²) < 4.78 is 65.9. The quantitative estimate of drug-likeness (QED) is 0.642. The number of benzene rings is 1. The molecule has 0 atom stereocenters. The van der Waals surface area contributed by atoms with Crippen LogP contribution >= 0.6 is 0 Å². The third-order valence-electron chi connectivity index (χ3n) is 2.03. The molecule has 0 spiro atoms. The van der Waals surface area contributed by atoms with Crippen LogP contribution in [-0.4, -0.2) is 19.1 Å². The van der Waals surface area contributed by atoms with Gasteiger partial charge in [-0.15, -0.1) is 0 Å². The van der Waals surface area contributed by atoms with Gasteiger partial charge in [-0.3, -0.25) is 0 Å². The van der Waals surface area contributed by atoms with Crippen molar-refractivity contribution in [1.29, 1.82) is 0 Å². The van der Waals surface area contributed by atoms with Gasteiger partial charge in [-0.2, -0.15) is 21.6 Å². The molecular formula is C10H6F3NO4S. The first-order valence-corrected chi connectivity index (χ1v) is 6.23. The lowest BCUT2D eigenvalue weighted by Crippen LogP contribution is -2.27. The minimum atomic E-state index is -5.75. The maximum Gasteiger partial charge on any atom is 0.534 e. The van der Waals surface area contributed by atoms with Crippen molar-refractivity contribution in [1.82, 2.24) is 5.16 Å². The van der Waals surface area contributed by atoms with Gasteiger partial charge in [0.2, 0.25) is 0 Å². The molecule has 1 aromatic heterocycles. The van der Waals surface area contributed by atoms with Gasteiger partial charge < -0.3 is 8.71 Å². The van der Waals surface area contributed by atoms with Crippen molar-refractivity contribution < 1.29 is 30.3 Å². The fourth-order valence-electron chi connectivity index (χ4n) is 1.20. The lowest BCUT2D eigenvalue weighted by atomic mass is 10.2. The number of alkyl halides is 3. The molecule has 0 saturated heterocycles. The summed E-state index contributed by atoms with van der Waals surface area (Å²) in [6.07, 6.45) is 0. The predicted octanol–water partition coefficient (Wildman–Crippen LogP) is 2.57. The van der Waals surface area contributed by atoms with Gasteiger partial charge in [0.15, 0.2) is 0 Å². The molecule has 0 radical (unpaired) electrons. The summed E-state index contributed by atoms with van der Waals surface area (Å²) >= 11 is 0. The molecule has 1 aromatic carbocycles. The van der Waals surface area contributed by atoms with E-state index in [1.54, 1.807) is 30.3 Å². The Hall–Kier alpha value is -2.03. The van der Waals surface area contributed by atoms with E-state index in [1.807, 2.05) is 0 Å². The highest BCUT2D eigenvalue weighted by Gasteiger charge is 2.49. The maximum absolute atomic E-state index is 12.1. The summed E-state index contributed by atoms with van der Waals surface area (Å²) in [5.41, 5.74) is -4.81. The molecule has 0 aliphatic carbocycles. The van der Waals surface area contributed by atoms with Crippen molar-refractivity contribution in [2.24, 2.45) is 0 Å². The summed E-state index contributed by atoms with van der Waals surface area (Å²) in [4.78, 5) is 0. The standard InChI is InChI=1S/C10H6F3NO4S/c11-10(12,13)19(15,16)18-9-6-8(14-17-9)7-4-2-1-3-5-7/h1-6H. The van der Waals surface area contributed by atoms with Crippen LogP contribution in [0.25, 0.3) is 11.3 Å². The monoisotopic (exact) mass is 293 g/mol. The maximum atomic E-state index is 12.1. The van der Waals surface area contributed by atoms with Crippen LogP contribution in [0.5, 0.6) is 5.95 Å². The summed E-state index contributed by atoms with van der Waals surface area (Å²) in [5, 5.41) is 3.42. The molecule has 0 N–H and O–H groups in total. The van der Waals surface area contributed by atoms with Gasteiger partial charge >= 0.3 is 21.6 Å². The van der Waals surface area contributed by atoms with Crippen LogP contribution in [0.2, 0.25) is 0 Å². The van der Waals surface area contributed by atoms with E-state index >= 15 is 0 Å². The Morgan fingerprint density at radius 1 is 1.16 bits per heavy atom. The molecule has 1 heterocycles. The molecule has 0 amide bonds. The average molecular weight is 293 g/mol. The van der Waals surface area contributed by atoms with E-state index < -0.39 is 21.6 Å². The number of hydrogen-bond acceptors (Lipinski definition) is 5. The molecule has 0 fully saturated rings. The smallest absolute Gasteiger partial charge is 0.337 e. The first-order chi connectivity index (χ1) is 8.79. The molecule has 2 rings (SSSR count). The third-order valence-corrected chi connectivity index (χ3v) is 2.98. The molecule has 0 bridgehead atoms. The Bertz CT molecular complexity index is 664. The summed E-state index contributed by atoms with van der Waals surface area (Å²) in [5.74, 6) is -0.851. The average Bonchev–Trinajstić information content (AvgIpc) is 2.76. The minimum Gasteiger partial charge on any atom is -0.337 e. The van der Waals surface area contributed by atoms with E-state index in [0.29, 0.717) is 5.56 Å². The van der Waals surface area contributed by atoms with E-state index in [1.165, 1.54) is 0 Å². The van der Waals surface area contributed by atoms with Crippen molar-refractivity contribution in [2.45, 2.75) is 5.51 Å². The second kappa shape index (κ2) is 4.57. The summed E-state index contributed by atoms with van der Waals surface area (Å²) in [7, 11) is -5.75. The van der Waals surface area contributed by atoms with E-state index in [-0.39, 0.29) is 5.69 Å². The van der Waals surface area contributed by atoms with Crippen LogP contribution in [0.1, 0.15) is 0 Å². The van der Waals surface area contributed by atoms with Crippen LogP contribution in [0, 0.1) is 0 Å². The van der Waals surface area contributed by atoms with Crippen LogP contribution in [0.15, 0.2) is 40.9 Å². The fraction of sp³-hybridized carbons (Fsp3) is 0.100. The Morgan fingerprint density at radius 2 is 1.79 bits per heavy atom. The first-order valence-electron chi connectivity index (χ1n) is 4.82. The molecule has 9 heteroatoms. The molecule has 2 aromatic rings. The largest absolute Gasteiger partial charge is 0.534 e. The lowest BCUT2D eigenvalue weighted by molar-refractivity contribution is -0.0508. The molecule has 0 aliphatic rings. The zero-order valence-electron chi connectivity index (χ0n) is 9.09. The van der Waals surface area contributed by atoms with Gasteiger partial charge in [0, 0.05) is 5.56 Å². The van der Waals surface area contributed by atoms with Crippen molar-refractivity contribution >= 4 is 10.1 Å². The van der Waals surface area contributed by atoms with E-state index in [0.717, 1.165) is 6.07 Å². The number of halogens is 3. The van der Waals surface area contributed by atoms with Crippen molar-refractivity contribution in [3.8, 4) is 17.2 Å². The second-order valence-electron chi connectivity index (χ2n) is 3.38. The number of aromatic nitrogens is 1. The Morgan fingerprint density at radius 3 is 2.37 bits per heavy atom. The van der Waals surface area contributed by atoms with Gasteiger partial charge in [0.1, 0.15) is 5.69 Å². The number of rotatable bonds is 3. The van der Waals surface area contributed by atoms with Crippen LogP contribution in [0.4, 0.5) is 13.2 Å². The number of hydrogen-bond donors (Lipinski definition) is 0. The zero-order valence-corrected chi connectivity index (χ0v) is 9.90. The van der Waals surface area contributed by atoms with Gasteiger partial charge in [-0.05, 0) is 0 Å². The summed E-state index contributed by atoms with van der Waals surface area (Å²) in [6.45, 7) is 0. The van der Waals surface area contributed by atoms with E-state index in [4.69, 9.17) is 0 Å².